The Labute approximate surface area is 128 Å². The molecule has 8 nitrogen and oxygen atoms in total. The van der Waals surface area contributed by atoms with Crippen LogP contribution in [0.5, 0.6) is 0 Å². The number of rotatable bonds is 3. The van der Waals surface area contributed by atoms with Crippen LogP contribution in [-0.4, -0.2) is 43.6 Å². The summed E-state index contributed by atoms with van der Waals surface area (Å²) >= 11 is 1.30. The van der Waals surface area contributed by atoms with E-state index < -0.39 is 29.7 Å². The molecule has 0 radical (unpaired) electrons. The van der Waals surface area contributed by atoms with Crippen LogP contribution >= 0.6 is 11.3 Å². The molecule has 0 spiro atoms. The van der Waals surface area contributed by atoms with Crippen LogP contribution in [0.2, 0.25) is 0 Å². The lowest BCUT2D eigenvalue weighted by Gasteiger charge is -2.14. The Morgan fingerprint density at radius 3 is 2.91 bits per heavy atom. The molecular formula is C13H15N3O5S. The first-order valence-corrected chi connectivity index (χ1v) is 7.60. The number of H-pyrrole nitrogens is 1. The van der Waals surface area contributed by atoms with Crippen molar-refractivity contribution in [2.24, 2.45) is 0 Å². The molecule has 9 heteroatoms. The van der Waals surface area contributed by atoms with Gasteiger partial charge >= 0.3 is 5.69 Å². The van der Waals surface area contributed by atoms with Crippen LogP contribution in [0.4, 0.5) is 0 Å². The van der Waals surface area contributed by atoms with Gasteiger partial charge in [-0.15, -0.1) is 11.3 Å². The predicted molar refractivity (Wildman–Crippen MR) is 78.8 cm³/mol. The van der Waals surface area contributed by atoms with Crippen LogP contribution in [0, 0.1) is 6.92 Å². The third kappa shape index (κ3) is 2.63. The third-order valence-corrected chi connectivity index (χ3v) is 4.50. The van der Waals surface area contributed by atoms with Gasteiger partial charge in [0.1, 0.15) is 17.3 Å². The molecule has 1 aliphatic rings. The first kappa shape index (κ1) is 15.1. The zero-order valence-corrected chi connectivity index (χ0v) is 12.5. The summed E-state index contributed by atoms with van der Waals surface area (Å²) in [6, 6.07) is 0. The van der Waals surface area contributed by atoms with Crippen molar-refractivity contribution in [3.63, 3.8) is 0 Å². The Bertz CT molecular complexity index is 795. The summed E-state index contributed by atoms with van der Waals surface area (Å²) in [5, 5.41) is 21.2. The minimum atomic E-state index is -0.862. The average molecular weight is 325 g/mol. The molecule has 0 amide bonds. The van der Waals surface area contributed by atoms with Gasteiger partial charge in [-0.1, -0.05) is 0 Å². The lowest BCUT2D eigenvalue weighted by atomic mass is 10.2. The van der Waals surface area contributed by atoms with Gasteiger partial charge in [0.05, 0.1) is 18.3 Å². The topological polar surface area (TPSA) is 117 Å². The van der Waals surface area contributed by atoms with E-state index in [4.69, 9.17) is 9.84 Å². The van der Waals surface area contributed by atoms with Crippen LogP contribution in [0.3, 0.4) is 0 Å². The molecule has 0 aromatic carbocycles. The van der Waals surface area contributed by atoms with Crippen LogP contribution in [0.25, 0.3) is 10.6 Å². The summed E-state index contributed by atoms with van der Waals surface area (Å²) in [5.41, 5.74) is -0.0982. The number of hydrogen-bond acceptors (Lipinski definition) is 7. The van der Waals surface area contributed by atoms with E-state index in [1.165, 1.54) is 22.1 Å². The van der Waals surface area contributed by atoms with Crippen molar-refractivity contribution in [2.45, 2.75) is 31.8 Å². The fourth-order valence-corrected chi connectivity index (χ4v) is 3.18. The minimum absolute atomic E-state index is 0.160. The average Bonchev–Trinajstić information content (AvgIpc) is 3.05. The van der Waals surface area contributed by atoms with Gasteiger partial charge in [-0.25, -0.2) is 9.78 Å². The van der Waals surface area contributed by atoms with Gasteiger partial charge in [0, 0.05) is 23.7 Å². The summed E-state index contributed by atoms with van der Waals surface area (Å²) in [4.78, 5) is 30.4. The van der Waals surface area contributed by atoms with Gasteiger partial charge in [-0.2, -0.15) is 0 Å². The first-order valence-electron chi connectivity index (χ1n) is 6.72. The number of aryl methyl sites for hydroxylation is 1. The highest BCUT2D eigenvalue weighted by atomic mass is 32.1. The number of hydrogen-bond donors (Lipinski definition) is 3. The summed E-state index contributed by atoms with van der Waals surface area (Å²) in [5.74, 6) is 0. The Morgan fingerprint density at radius 1 is 1.55 bits per heavy atom. The largest absolute Gasteiger partial charge is 0.394 e. The number of nitrogens with one attached hydrogen (secondary N) is 1. The van der Waals surface area contributed by atoms with Crippen molar-refractivity contribution in [3.8, 4) is 10.6 Å². The molecule has 0 unspecified atom stereocenters. The number of nitrogens with zero attached hydrogens (tertiary/aromatic N) is 2. The highest BCUT2D eigenvalue weighted by molar-refractivity contribution is 7.13. The summed E-state index contributed by atoms with van der Waals surface area (Å²) in [6.07, 6.45) is -0.797. The maximum Gasteiger partial charge on any atom is 0.330 e. The van der Waals surface area contributed by atoms with E-state index in [0.717, 1.165) is 5.69 Å². The highest BCUT2D eigenvalue weighted by Crippen LogP contribution is 2.28. The second-order valence-electron chi connectivity index (χ2n) is 5.12. The zero-order valence-electron chi connectivity index (χ0n) is 11.7. The first-order chi connectivity index (χ1) is 10.5. The van der Waals surface area contributed by atoms with Gasteiger partial charge < -0.3 is 14.9 Å². The van der Waals surface area contributed by atoms with E-state index in [0.29, 0.717) is 5.01 Å². The van der Waals surface area contributed by atoms with Crippen LogP contribution in [0.15, 0.2) is 21.2 Å². The van der Waals surface area contributed by atoms with Gasteiger partial charge in [-0.3, -0.25) is 14.3 Å². The highest BCUT2D eigenvalue weighted by Gasteiger charge is 2.35. The summed E-state index contributed by atoms with van der Waals surface area (Å²) in [6.45, 7) is 1.47. The molecule has 0 bridgehead atoms. The molecule has 2 aromatic heterocycles. The number of aromatic amines is 1. The normalized spacial score (nSPS) is 24.8. The molecule has 22 heavy (non-hydrogen) atoms. The quantitative estimate of drug-likeness (QED) is 0.707. The maximum absolute atomic E-state index is 12.0. The zero-order chi connectivity index (χ0) is 15.9. The van der Waals surface area contributed by atoms with Gasteiger partial charge in [0.15, 0.2) is 0 Å². The lowest BCUT2D eigenvalue weighted by Crippen LogP contribution is -2.33. The number of aliphatic hydroxyl groups is 2. The lowest BCUT2D eigenvalue weighted by molar-refractivity contribution is -0.0458. The number of aromatic nitrogens is 3. The number of aliphatic hydroxyl groups excluding tert-OH is 2. The van der Waals surface area contributed by atoms with Crippen molar-refractivity contribution in [2.75, 3.05) is 6.61 Å². The van der Waals surface area contributed by atoms with Crippen molar-refractivity contribution >= 4 is 11.3 Å². The Kier molecular flexibility index (Phi) is 3.96. The van der Waals surface area contributed by atoms with Crippen LogP contribution in [-0.2, 0) is 4.74 Å². The fourth-order valence-electron chi connectivity index (χ4n) is 2.38. The van der Waals surface area contributed by atoms with E-state index in [-0.39, 0.29) is 18.6 Å². The predicted octanol–water partition coefficient (Wildman–Crippen LogP) is -0.391. The van der Waals surface area contributed by atoms with E-state index in [9.17, 15) is 14.7 Å². The monoisotopic (exact) mass is 325 g/mol. The van der Waals surface area contributed by atoms with Gasteiger partial charge in [-0.05, 0) is 6.92 Å². The van der Waals surface area contributed by atoms with E-state index in [1.54, 1.807) is 0 Å². The molecule has 118 valence electrons. The van der Waals surface area contributed by atoms with Crippen molar-refractivity contribution in [1.29, 1.82) is 0 Å². The SMILES string of the molecule is Cc1csc(-c2cn([C@H]3C[C@H](O)[C@@H](CO)O3)c(=O)[nH]c2=O)n1. The Morgan fingerprint density at radius 2 is 2.32 bits per heavy atom. The smallest absolute Gasteiger partial charge is 0.330 e. The summed E-state index contributed by atoms with van der Waals surface area (Å²) in [7, 11) is 0. The second kappa shape index (κ2) is 5.76. The molecule has 1 saturated heterocycles. The van der Waals surface area contributed by atoms with Gasteiger partial charge in [0.2, 0.25) is 0 Å². The van der Waals surface area contributed by atoms with Crippen molar-refractivity contribution < 1.29 is 14.9 Å². The molecular weight excluding hydrogens is 310 g/mol. The molecule has 2 aromatic rings. The molecule has 3 N–H and O–H groups in total. The van der Waals surface area contributed by atoms with Crippen molar-refractivity contribution in [1.82, 2.24) is 14.5 Å². The minimum Gasteiger partial charge on any atom is -0.394 e. The molecule has 3 rings (SSSR count). The fraction of sp³-hybridized carbons (Fsp3) is 0.462. The maximum atomic E-state index is 12.0. The van der Waals surface area contributed by atoms with E-state index >= 15 is 0 Å². The number of thiazole rings is 1. The molecule has 1 fully saturated rings. The van der Waals surface area contributed by atoms with Crippen LogP contribution < -0.4 is 11.2 Å². The standard InChI is InChI=1S/C13H15N3O5S/c1-6-5-22-12(14-6)7-3-16(13(20)15-11(7)19)10-2-8(18)9(4-17)21-10/h3,5,8-10,17-18H,2,4H2,1H3,(H,15,19,20)/t8-,9+,10+/m0/s1. The molecule has 3 heterocycles. The van der Waals surface area contributed by atoms with Crippen LogP contribution in [0.1, 0.15) is 18.3 Å². The second-order valence-corrected chi connectivity index (χ2v) is 5.98. The summed E-state index contributed by atoms with van der Waals surface area (Å²) < 4.78 is 6.66. The number of ether oxygens (including phenoxy) is 1. The third-order valence-electron chi connectivity index (χ3n) is 3.51. The molecule has 0 aliphatic carbocycles. The molecule has 1 aliphatic heterocycles. The van der Waals surface area contributed by atoms with E-state index in [1.807, 2.05) is 12.3 Å². The van der Waals surface area contributed by atoms with Gasteiger partial charge in [0.25, 0.3) is 5.56 Å². The molecule has 3 atom stereocenters. The van der Waals surface area contributed by atoms with Crippen molar-refractivity contribution in [3.05, 3.63) is 38.1 Å². The molecule has 0 saturated carbocycles. The Hall–Kier alpha value is -1.81. The van der Waals surface area contributed by atoms with E-state index in [2.05, 4.69) is 9.97 Å². The Balaban J connectivity index is 2.03.